The number of hydrogen-bond donors (Lipinski definition) is 1. The van der Waals surface area contributed by atoms with E-state index >= 15 is 0 Å². The minimum Gasteiger partial charge on any atom is -0.350 e. The lowest BCUT2D eigenvalue weighted by Crippen LogP contribution is -2.54. The van der Waals surface area contributed by atoms with E-state index in [1.165, 1.54) is 29.2 Å². The van der Waals surface area contributed by atoms with Gasteiger partial charge in [-0.2, -0.15) is 0 Å². The molecule has 0 aliphatic carbocycles. The first-order valence-corrected chi connectivity index (χ1v) is 14.6. The predicted molar refractivity (Wildman–Crippen MR) is 154 cm³/mol. The van der Waals surface area contributed by atoms with E-state index in [1.54, 1.807) is 37.3 Å². The van der Waals surface area contributed by atoms with Gasteiger partial charge in [0.2, 0.25) is 11.8 Å². The molecule has 1 atom stereocenters. The van der Waals surface area contributed by atoms with Crippen LogP contribution in [0.3, 0.4) is 0 Å². The van der Waals surface area contributed by atoms with Crippen LogP contribution >= 0.6 is 27.5 Å². The van der Waals surface area contributed by atoms with Gasteiger partial charge in [0, 0.05) is 21.6 Å². The predicted octanol–water partition coefficient (Wildman–Crippen LogP) is 5.63. The van der Waals surface area contributed by atoms with Gasteiger partial charge in [-0.1, -0.05) is 57.9 Å². The Morgan fingerprint density at radius 3 is 2.18 bits per heavy atom. The zero-order valence-electron chi connectivity index (χ0n) is 21.7. The molecule has 1 N–H and O–H groups in total. The minimum atomic E-state index is -4.13. The number of anilines is 1. The number of amides is 2. The highest BCUT2D eigenvalue weighted by atomic mass is 79.9. The van der Waals surface area contributed by atoms with Crippen molar-refractivity contribution in [3.63, 3.8) is 0 Å². The fourth-order valence-electron chi connectivity index (χ4n) is 3.75. The molecule has 0 bridgehead atoms. The van der Waals surface area contributed by atoms with Gasteiger partial charge in [-0.25, -0.2) is 8.42 Å². The van der Waals surface area contributed by atoms with E-state index in [4.69, 9.17) is 11.6 Å². The van der Waals surface area contributed by atoms with Crippen LogP contribution in [0.15, 0.2) is 88.2 Å². The molecule has 3 aromatic carbocycles. The van der Waals surface area contributed by atoms with Gasteiger partial charge in [-0.05, 0) is 81.8 Å². The quantitative estimate of drug-likeness (QED) is 0.336. The van der Waals surface area contributed by atoms with Crippen molar-refractivity contribution in [3.8, 4) is 0 Å². The van der Waals surface area contributed by atoms with Crippen molar-refractivity contribution in [2.24, 2.45) is 0 Å². The molecule has 3 rings (SSSR count). The molecule has 38 heavy (non-hydrogen) atoms. The van der Waals surface area contributed by atoms with Crippen LogP contribution in [0.2, 0.25) is 5.02 Å². The fraction of sp³-hybridized carbons (Fsp3) is 0.286. The van der Waals surface area contributed by atoms with Crippen LogP contribution in [0.1, 0.15) is 33.3 Å². The molecule has 0 saturated heterocycles. The molecular weight excluding hydrogens is 590 g/mol. The number of nitrogens with one attached hydrogen (secondary N) is 1. The van der Waals surface area contributed by atoms with Crippen molar-refractivity contribution in [1.29, 1.82) is 0 Å². The molecule has 0 radical (unpaired) electrons. The van der Waals surface area contributed by atoms with Gasteiger partial charge in [0.1, 0.15) is 12.6 Å². The van der Waals surface area contributed by atoms with E-state index in [1.807, 2.05) is 45.0 Å². The summed E-state index contributed by atoms with van der Waals surface area (Å²) in [6, 6.07) is 20.7. The summed E-state index contributed by atoms with van der Waals surface area (Å²) in [5.74, 6) is -0.865. The number of sulfonamides is 1. The summed E-state index contributed by atoms with van der Waals surface area (Å²) in [5, 5.41) is 3.31. The summed E-state index contributed by atoms with van der Waals surface area (Å²) in [6.45, 7) is 6.81. The Labute approximate surface area is 238 Å². The third kappa shape index (κ3) is 7.82. The number of benzene rings is 3. The monoisotopic (exact) mass is 619 g/mol. The number of rotatable bonds is 9. The van der Waals surface area contributed by atoms with E-state index in [0.717, 1.165) is 14.3 Å². The highest BCUT2D eigenvalue weighted by molar-refractivity contribution is 9.10. The second-order valence-electron chi connectivity index (χ2n) is 9.87. The SMILES string of the molecule is CC(C(=O)NC(C)(C)C)N(Cc1cccc(Br)c1)C(=O)CN(c1ccccc1)S(=O)(=O)c1ccc(Cl)cc1. The summed E-state index contributed by atoms with van der Waals surface area (Å²) in [7, 11) is -4.13. The number of nitrogens with zero attached hydrogens (tertiary/aromatic N) is 2. The molecule has 2 amide bonds. The topological polar surface area (TPSA) is 86.8 Å². The third-order valence-electron chi connectivity index (χ3n) is 5.63. The third-order valence-corrected chi connectivity index (χ3v) is 8.17. The van der Waals surface area contributed by atoms with Crippen LogP contribution in [0.4, 0.5) is 5.69 Å². The standard InChI is InChI=1S/C28H31BrClN3O4S/c1-20(27(35)31-28(2,3)4)32(18-21-9-8-10-22(29)17-21)26(34)19-33(24-11-6-5-7-12-24)38(36,37)25-15-13-23(30)14-16-25/h5-17,20H,18-19H2,1-4H3,(H,31,35). The zero-order chi connectivity index (χ0) is 28.1. The lowest BCUT2D eigenvalue weighted by Gasteiger charge is -2.33. The van der Waals surface area contributed by atoms with Gasteiger partial charge in [0.15, 0.2) is 0 Å². The number of carbonyl (C=O) groups is 2. The van der Waals surface area contributed by atoms with Crippen LogP contribution in [-0.2, 0) is 26.2 Å². The maximum atomic E-state index is 13.9. The van der Waals surface area contributed by atoms with Crippen LogP contribution in [0, 0.1) is 0 Å². The van der Waals surface area contributed by atoms with E-state index in [9.17, 15) is 18.0 Å². The minimum absolute atomic E-state index is 0.00406. The average molecular weight is 621 g/mol. The molecule has 0 heterocycles. The van der Waals surface area contributed by atoms with Crippen molar-refractivity contribution < 1.29 is 18.0 Å². The van der Waals surface area contributed by atoms with Crippen LogP contribution in [-0.4, -0.2) is 43.3 Å². The summed E-state index contributed by atoms with van der Waals surface area (Å²) < 4.78 is 29.3. The Morgan fingerprint density at radius 2 is 1.61 bits per heavy atom. The molecule has 1 unspecified atom stereocenters. The molecule has 10 heteroatoms. The van der Waals surface area contributed by atoms with Gasteiger partial charge in [0.05, 0.1) is 10.6 Å². The highest BCUT2D eigenvalue weighted by Gasteiger charge is 2.33. The van der Waals surface area contributed by atoms with Crippen LogP contribution in [0.25, 0.3) is 0 Å². The van der Waals surface area contributed by atoms with Crippen LogP contribution < -0.4 is 9.62 Å². The smallest absolute Gasteiger partial charge is 0.264 e. The zero-order valence-corrected chi connectivity index (χ0v) is 24.8. The van der Waals surface area contributed by atoms with Crippen molar-refractivity contribution in [1.82, 2.24) is 10.2 Å². The first kappa shape index (κ1) is 29.7. The number of carbonyl (C=O) groups excluding carboxylic acids is 2. The van der Waals surface area contributed by atoms with Gasteiger partial charge in [-0.3, -0.25) is 13.9 Å². The molecule has 0 aromatic heterocycles. The molecule has 0 saturated carbocycles. The second kappa shape index (κ2) is 12.3. The Morgan fingerprint density at radius 1 is 0.974 bits per heavy atom. The lowest BCUT2D eigenvalue weighted by molar-refractivity contribution is -0.140. The largest absolute Gasteiger partial charge is 0.350 e. The van der Waals surface area contributed by atoms with Crippen LogP contribution in [0.5, 0.6) is 0 Å². The van der Waals surface area contributed by atoms with Crippen molar-refractivity contribution in [2.75, 3.05) is 10.8 Å². The van der Waals surface area contributed by atoms with Gasteiger partial charge < -0.3 is 10.2 Å². The molecule has 0 spiro atoms. The molecule has 3 aromatic rings. The fourth-order valence-corrected chi connectivity index (χ4v) is 5.73. The first-order valence-electron chi connectivity index (χ1n) is 12.0. The highest BCUT2D eigenvalue weighted by Crippen LogP contribution is 2.25. The van der Waals surface area contributed by atoms with Crippen molar-refractivity contribution in [3.05, 3.63) is 93.9 Å². The van der Waals surface area contributed by atoms with E-state index < -0.39 is 34.1 Å². The van der Waals surface area contributed by atoms with Gasteiger partial charge in [-0.15, -0.1) is 0 Å². The lowest BCUT2D eigenvalue weighted by atomic mass is 10.1. The Kier molecular flexibility index (Phi) is 9.62. The maximum absolute atomic E-state index is 13.9. The van der Waals surface area contributed by atoms with Gasteiger partial charge >= 0.3 is 0 Å². The van der Waals surface area contributed by atoms with E-state index in [-0.39, 0.29) is 17.3 Å². The summed E-state index contributed by atoms with van der Waals surface area (Å²) in [6.07, 6.45) is 0. The summed E-state index contributed by atoms with van der Waals surface area (Å²) >= 11 is 9.42. The Hall–Kier alpha value is -2.88. The number of halogens is 2. The molecular formula is C28H31BrClN3O4S. The van der Waals surface area contributed by atoms with Crippen molar-refractivity contribution >= 4 is 55.1 Å². The maximum Gasteiger partial charge on any atom is 0.264 e. The molecule has 0 aliphatic heterocycles. The molecule has 202 valence electrons. The van der Waals surface area contributed by atoms with E-state index in [0.29, 0.717) is 10.7 Å². The molecule has 7 nitrogen and oxygen atoms in total. The normalized spacial score (nSPS) is 12.5. The average Bonchev–Trinajstić information content (AvgIpc) is 2.85. The second-order valence-corrected chi connectivity index (χ2v) is 13.1. The molecule has 0 aliphatic rings. The summed E-state index contributed by atoms with van der Waals surface area (Å²) in [4.78, 5) is 28.4. The Balaban J connectivity index is 2.01. The number of hydrogen-bond acceptors (Lipinski definition) is 4. The van der Waals surface area contributed by atoms with Crippen molar-refractivity contribution in [2.45, 2.75) is 50.7 Å². The van der Waals surface area contributed by atoms with E-state index in [2.05, 4.69) is 21.2 Å². The van der Waals surface area contributed by atoms with Gasteiger partial charge in [0.25, 0.3) is 10.0 Å². The Bertz CT molecular complexity index is 1380. The number of para-hydroxylation sites is 1. The first-order chi connectivity index (χ1) is 17.8. The molecule has 0 fully saturated rings. The summed E-state index contributed by atoms with van der Waals surface area (Å²) in [5.41, 5.74) is 0.601.